The second-order valence-corrected chi connectivity index (χ2v) is 3.66. The number of ether oxygens (including phenoxy) is 2. The van der Waals surface area contributed by atoms with Crippen LogP contribution in [0.25, 0.3) is 0 Å². The molecule has 98 valence electrons. The Balaban J connectivity index is 3.11. The SMILES string of the molecule is COC(=O)c1ccc(C(=O)OC)c(SOOO)c1. The molecule has 0 amide bonds. The van der Waals surface area contributed by atoms with Crippen LogP contribution in [-0.4, -0.2) is 31.4 Å². The molecule has 0 saturated carbocycles. The van der Waals surface area contributed by atoms with E-state index in [9.17, 15) is 9.59 Å². The van der Waals surface area contributed by atoms with Gasteiger partial charge < -0.3 is 9.47 Å². The Bertz CT molecular complexity index is 446. The molecule has 0 fully saturated rings. The molecule has 8 heteroatoms. The third-order valence-electron chi connectivity index (χ3n) is 1.96. The van der Waals surface area contributed by atoms with Crippen molar-refractivity contribution in [3.8, 4) is 0 Å². The fourth-order valence-corrected chi connectivity index (χ4v) is 1.69. The van der Waals surface area contributed by atoms with Gasteiger partial charge in [-0.05, 0) is 18.2 Å². The molecule has 1 aromatic carbocycles. The van der Waals surface area contributed by atoms with Crippen molar-refractivity contribution in [3.63, 3.8) is 0 Å². The first-order valence-electron chi connectivity index (χ1n) is 4.59. The molecule has 0 atom stereocenters. The van der Waals surface area contributed by atoms with Gasteiger partial charge in [-0.2, -0.15) is 0 Å². The van der Waals surface area contributed by atoms with Crippen LogP contribution in [-0.2, 0) is 18.8 Å². The molecule has 18 heavy (non-hydrogen) atoms. The minimum absolute atomic E-state index is 0.159. The number of carbonyl (C=O) groups excluding carboxylic acids is 2. The van der Waals surface area contributed by atoms with Crippen molar-refractivity contribution in [2.45, 2.75) is 4.90 Å². The molecular formula is C10H10O7S. The zero-order valence-corrected chi connectivity index (χ0v) is 10.4. The maximum atomic E-state index is 11.4. The van der Waals surface area contributed by atoms with Gasteiger partial charge in [0.15, 0.2) is 0 Å². The van der Waals surface area contributed by atoms with Crippen LogP contribution in [0.4, 0.5) is 0 Å². The first-order valence-corrected chi connectivity index (χ1v) is 5.33. The summed E-state index contributed by atoms with van der Waals surface area (Å²) >= 11 is 0.552. The van der Waals surface area contributed by atoms with E-state index in [0.717, 1.165) is 0 Å². The van der Waals surface area contributed by atoms with E-state index in [0.29, 0.717) is 12.0 Å². The van der Waals surface area contributed by atoms with Crippen molar-refractivity contribution in [2.24, 2.45) is 0 Å². The molecule has 7 nitrogen and oxygen atoms in total. The number of rotatable bonds is 5. The lowest BCUT2D eigenvalue weighted by atomic mass is 10.1. The van der Waals surface area contributed by atoms with E-state index in [1.54, 1.807) is 0 Å². The monoisotopic (exact) mass is 274 g/mol. The van der Waals surface area contributed by atoms with Gasteiger partial charge in [0.1, 0.15) is 0 Å². The predicted molar refractivity (Wildman–Crippen MR) is 59.8 cm³/mol. The summed E-state index contributed by atoms with van der Waals surface area (Å²) in [6.45, 7) is 0. The minimum Gasteiger partial charge on any atom is -0.465 e. The largest absolute Gasteiger partial charge is 0.465 e. The smallest absolute Gasteiger partial charge is 0.339 e. The maximum absolute atomic E-state index is 11.4. The lowest BCUT2D eigenvalue weighted by molar-refractivity contribution is -0.432. The highest BCUT2D eigenvalue weighted by atomic mass is 32.2. The Morgan fingerprint density at radius 3 is 2.39 bits per heavy atom. The van der Waals surface area contributed by atoms with E-state index >= 15 is 0 Å². The molecule has 0 aliphatic heterocycles. The number of esters is 2. The number of methoxy groups -OCH3 is 2. The zero-order chi connectivity index (χ0) is 13.5. The highest BCUT2D eigenvalue weighted by Crippen LogP contribution is 2.26. The van der Waals surface area contributed by atoms with E-state index in [2.05, 4.69) is 18.8 Å². The summed E-state index contributed by atoms with van der Waals surface area (Å²) in [5, 5.41) is 11.5. The second kappa shape index (κ2) is 6.97. The summed E-state index contributed by atoms with van der Waals surface area (Å²) in [4.78, 5) is 23.0. The van der Waals surface area contributed by atoms with Crippen LogP contribution in [0.15, 0.2) is 23.1 Å². The third-order valence-corrected chi connectivity index (χ3v) is 2.61. The Kier molecular flexibility index (Phi) is 5.59. The van der Waals surface area contributed by atoms with Crippen molar-refractivity contribution in [2.75, 3.05) is 14.2 Å². The van der Waals surface area contributed by atoms with Gasteiger partial charge in [0.25, 0.3) is 0 Å². The first-order chi connectivity index (χ1) is 8.63. The maximum Gasteiger partial charge on any atom is 0.339 e. The van der Waals surface area contributed by atoms with Gasteiger partial charge in [0, 0.05) is 0 Å². The molecule has 0 aromatic heterocycles. The third kappa shape index (κ3) is 3.44. The molecule has 0 aliphatic rings. The number of hydrogen-bond acceptors (Lipinski definition) is 8. The highest BCUT2D eigenvalue weighted by Gasteiger charge is 2.16. The molecule has 1 aromatic rings. The Morgan fingerprint density at radius 2 is 1.83 bits per heavy atom. The zero-order valence-electron chi connectivity index (χ0n) is 9.54. The average Bonchev–Trinajstić information content (AvgIpc) is 2.42. The molecular weight excluding hydrogens is 264 g/mol. The fourth-order valence-electron chi connectivity index (χ4n) is 1.17. The first kappa shape index (κ1) is 14.5. The Hall–Kier alpha value is -1.61. The van der Waals surface area contributed by atoms with Crippen LogP contribution in [0.2, 0.25) is 0 Å². The summed E-state index contributed by atoms with van der Waals surface area (Å²) in [5.74, 6) is -1.19. The standard InChI is InChI=1S/C10H10O7S/c1-14-9(11)6-3-4-7(10(12)15-2)8(5-6)18-17-16-13/h3-5,13H,1-2H3. The number of benzene rings is 1. The Morgan fingerprint density at radius 1 is 1.17 bits per heavy atom. The van der Waals surface area contributed by atoms with E-state index < -0.39 is 11.9 Å². The van der Waals surface area contributed by atoms with E-state index in [-0.39, 0.29) is 16.0 Å². The van der Waals surface area contributed by atoms with Crippen molar-refractivity contribution in [1.82, 2.24) is 0 Å². The second-order valence-electron chi connectivity index (χ2n) is 2.92. The molecule has 0 saturated heterocycles. The lowest BCUT2D eigenvalue weighted by Gasteiger charge is -2.07. The summed E-state index contributed by atoms with van der Waals surface area (Å²) < 4.78 is 13.3. The van der Waals surface area contributed by atoms with Crippen LogP contribution in [0.1, 0.15) is 20.7 Å². The quantitative estimate of drug-likeness (QED) is 0.375. The lowest BCUT2D eigenvalue weighted by Crippen LogP contribution is -2.07. The summed E-state index contributed by atoms with van der Waals surface area (Å²) in [7, 11) is 2.45. The molecule has 0 bridgehead atoms. The van der Waals surface area contributed by atoms with E-state index in [4.69, 9.17) is 5.26 Å². The van der Waals surface area contributed by atoms with Gasteiger partial charge in [-0.15, -0.1) is 4.33 Å². The molecule has 0 spiro atoms. The van der Waals surface area contributed by atoms with Crippen LogP contribution < -0.4 is 0 Å². The van der Waals surface area contributed by atoms with Crippen molar-refractivity contribution in [1.29, 1.82) is 0 Å². The summed E-state index contributed by atoms with van der Waals surface area (Å²) in [5.41, 5.74) is 0.376. The van der Waals surface area contributed by atoms with Crippen molar-refractivity contribution >= 4 is 24.0 Å². The van der Waals surface area contributed by atoms with Gasteiger partial charge >= 0.3 is 11.9 Å². The molecule has 1 rings (SSSR count). The topological polar surface area (TPSA) is 91.3 Å². The molecule has 0 unspecified atom stereocenters. The van der Waals surface area contributed by atoms with Gasteiger partial charge in [0.2, 0.25) is 0 Å². The normalized spacial score (nSPS) is 9.94. The van der Waals surface area contributed by atoms with E-state index in [1.807, 2.05) is 0 Å². The number of hydrogen-bond donors (Lipinski definition) is 1. The van der Waals surface area contributed by atoms with Gasteiger partial charge in [-0.1, -0.05) is 5.04 Å². The molecule has 0 radical (unpaired) electrons. The van der Waals surface area contributed by atoms with Gasteiger partial charge in [-0.25, -0.2) is 14.8 Å². The average molecular weight is 274 g/mol. The van der Waals surface area contributed by atoms with Crippen LogP contribution in [0.3, 0.4) is 0 Å². The predicted octanol–water partition coefficient (Wildman–Crippen LogP) is 1.69. The van der Waals surface area contributed by atoms with Gasteiger partial charge in [0.05, 0.1) is 42.3 Å². The van der Waals surface area contributed by atoms with Gasteiger partial charge in [-0.3, -0.25) is 0 Å². The number of carbonyl (C=O) groups is 2. The Labute approximate surface area is 107 Å². The molecule has 0 heterocycles. The molecule has 0 aliphatic carbocycles. The fraction of sp³-hybridized carbons (Fsp3) is 0.200. The van der Waals surface area contributed by atoms with Crippen LogP contribution in [0, 0.1) is 0 Å². The van der Waals surface area contributed by atoms with Crippen molar-refractivity contribution < 1.29 is 33.7 Å². The summed E-state index contributed by atoms with van der Waals surface area (Å²) in [6, 6.07) is 4.13. The van der Waals surface area contributed by atoms with Crippen LogP contribution in [0.5, 0.6) is 0 Å². The highest BCUT2D eigenvalue weighted by molar-refractivity contribution is 7.94. The van der Waals surface area contributed by atoms with Crippen LogP contribution >= 0.6 is 12.0 Å². The minimum atomic E-state index is -0.615. The summed E-state index contributed by atoms with van der Waals surface area (Å²) in [6.07, 6.45) is 0. The van der Waals surface area contributed by atoms with E-state index in [1.165, 1.54) is 32.4 Å². The van der Waals surface area contributed by atoms with Crippen molar-refractivity contribution in [3.05, 3.63) is 29.3 Å². The molecule has 1 N–H and O–H groups in total.